The Balaban J connectivity index is 1.29. The number of hydroxylamine groups is 1. The Bertz CT molecular complexity index is 988. The van der Waals surface area contributed by atoms with Gasteiger partial charge in [-0.2, -0.15) is 0 Å². The van der Waals surface area contributed by atoms with Crippen LogP contribution >= 0.6 is 0 Å². The van der Waals surface area contributed by atoms with Crippen LogP contribution in [0.5, 0.6) is 5.75 Å². The van der Waals surface area contributed by atoms with Gasteiger partial charge in [0.05, 0.1) is 12.6 Å². The van der Waals surface area contributed by atoms with Crippen LogP contribution in [-0.4, -0.2) is 48.4 Å². The second kappa shape index (κ2) is 9.40. The monoisotopic (exact) mass is 462 g/mol. The summed E-state index contributed by atoms with van der Waals surface area (Å²) in [7, 11) is 0. The first kappa shape index (κ1) is 23.1. The number of benzene rings is 2. The van der Waals surface area contributed by atoms with Gasteiger partial charge in [0.25, 0.3) is 0 Å². The molecule has 1 saturated heterocycles. The molecule has 176 valence electrons. The number of carbonyl (C=O) groups excluding carboxylic acids is 1. The molecule has 2 aliphatic heterocycles. The summed E-state index contributed by atoms with van der Waals surface area (Å²) in [6, 6.07) is 15.1. The number of carbonyl (C=O) groups is 1. The van der Waals surface area contributed by atoms with Crippen molar-refractivity contribution in [3.63, 3.8) is 0 Å². The minimum Gasteiger partial charge on any atom is -0.406 e. The summed E-state index contributed by atoms with van der Waals surface area (Å²) in [6.07, 6.45) is -3.57. The van der Waals surface area contributed by atoms with Crippen LogP contribution in [0.1, 0.15) is 36.9 Å². The number of alkyl halides is 3. The van der Waals surface area contributed by atoms with Crippen molar-refractivity contribution >= 4 is 11.7 Å². The zero-order valence-corrected chi connectivity index (χ0v) is 18.1. The van der Waals surface area contributed by atoms with Crippen molar-refractivity contribution in [2.45, 2.75) is 37.9 Å². The summed E-state index contributed by atoms with van der Waals surface area (Å²) in [6.45, 7) is 3.50. The molecule has 2 heterocycles. The highest BCUT2D eigenvalue weighted by Crippen LogP contribution is 2.31. The molecule has 33 heavy (non-hydrogen) atoms. The summed E-state index contributed by atoms with van der Waals surface area (Å²) in [5.41, 5.74) is 3.69. The predicted molar refractivity (Wildman–Crippen MR) is 115 cm³/mol. The summed E-state index contributed by atoms with van der Waals surface area (Å²) < 4.78 is 40.9. The lowest BCUT2D eigenvalue weighted by atomic mass is 10.0. The van der Waals surface area contributed by atoms with Crippen LogP contribution in [0.15, 0.2) is 59.6 Å². The van der Waals surface area contributed by atoms with E-state index in [1.807, 2.05) is 37.3 Å². The second-order valence-corrected chi connectivity index (χ2v) is 8.16. The average molecular weight is 462 g/mol. The molecule has 0 bridgehead atoms. The third-order valence-electron chi connectivity index (χ3n) is 5.70. The molecular formula is C23H25F3N4O3. The third kappa shape index (κ3) is 6.02. The fourth-order valence-electron chi connectivity index (χ4n) is 3.92. The van der Waals surface area contributed by atoms with Crippen LogP contribution in [0.4, 0.5) is 13.2 Å². The van der Waals surface area contributed by atoms with Gasteiger partial charge >= 0.3 is 6.36 Å². The Morgan fingerprint density at radius 1 is 1.18 bits per heavy atom. The normalized spacial score (nSPS) is 19.0. The molecule has 0 saturated carbocycles. The average Bonchev–Trinajstić information content (AvgIpc) is 3.19. The van der Waals surface area contributed by atoms with E-state index in [2.05, 4.69) is 25.4 Å². The van der Waals surface area contributed by atoms with Gasteiger partial charge in [0.1, 0.15) is 5.75 Å². The number of amides is 1. The number of hydrogen-bond acceptors (Lipinski definition) is 6. The predicted octanol–water partition coefficient (Wildman–Crippen LogP) is 3.54. The second-order valence-electron chi connectivity index (χ2n) is 8.16. The third-order valence-corrected chi connectivity index (χ3v) is 5.70. The largest absolute Gasteiger partial charge is 0.573 e. The van der Waals surface area contributed by atoms with Crippen LogP contribution in [-0.2, 0) is 9.63 Å². The van der Waals surface area contributed by atoms with Gasteiger partial charge in [-0.1, -0.05) is 30.3 Å². The number of likely N-dealkylation sites (tertiary alicyclic amines) is 1. The van der Waals surface area contributed by atoms with Gasteiger partial charge in [-0.25, -0.2) is 15.3 Å². The van der Waals surface area contributed by atoms with Crippen LogP contribution in [0.2, 0.25) is 0 Å². The Morgan fingerprint density at radius 2 is 1.85 bits per heavy atom. The summed E-state index contributed by atoms with van der Waals surface area (Å²) in [5, 5.41) is 3.02. The van der Waals surface area contributed by atoms with E-state index in [1.54, 1.807) is 0 Å². The van der Waals surface area contributed by atoms with Crippen LogP contribution in [0, 0.1) is 0 Å². The van der Waals surface area contributed by atoms with Gasteiger partial charge in [-0.15, -0.1) is 13.2 Å². The van der Waals surface area contributed by atoms with Crippen molar-refractivity contribution in [3.05, 3.63) is 65.7 Å². The van der Waals surface area contributed by atoms with E-state index >= 15 is 0 Å². The van der Waals surface area contributed by atoms with Gasteiger partial charge < -0.3 is 10.1 Å². The molecule has 1 atom stereocenters. The topological polar surface area (TPSA) is 75.2 Å². The number of ether oxygens (including phenoxy) is 1. The molecule has 1 spiro atoms. The SMILES string of the molecule is C[C@@H](NC(=O)CN1CCC2(CC1)N=C(c1ccc(OC(F)(F)F)cc1)NO2)c1ccccc1. The first-order chi connectivity index (χ1) is 15.7. The summed E-state index contributed by atoms with van der Waals surface area (Å²) in [5.74, 6) is 0.114. The maximum atomic E-state index is 12.5. The van der Waals surface area contributed by atoms with Crippen molar-refractivity contribution in [2.75, 3.05) is 19.6 Å². The number of nitrogens with one attached hydrogen (secondary N) is 2. The highest BCUT2D eigenvalue weighted by atomic mass is 19.4. The Morgan fingerprint density at radius 3 is 2.48 bits per heavy atom. The lowest BCUT2D eigenvalue weighted by Gasteiger charge is -2.35. The number of hydrogen-bond donors (Lipinski definition) is 2. The van der Waals surface area contributed by atoms with Gasteiger partial charge in [0.2, 0.25) is 5.91 Å². The molecule has 4 rings (SSSR count). The van der Waals surface area contributed by atoms with Gasteiger partial charge in [-0.3, -0.25) is 9.69 Å². The van der Waals surface area contributed by atoms with E-state index in [9.17, 15) is 18.0 Å². The first-order valence-corrected chi connectivity index (χ1v) is 10.7. The fraction of sp³-hybridized carbons (Fsp3) is 0.391. The number of amidine groups is 1. The van der Waals surface area contributed by atoms with Gasteiger partial charge in [-0.05, 0) is 36.8 Å². The molecular weight excluding hydrogens is 437 g/mol. The maximum absolute atomic E-state index is 12.5. The zero-order chi connectivity index (χ0) is 23.5. The molecule has 0 aliphatic carbocycles. The van der Waals surface area contributed by atoms with E-state index in [0.29, 0.717) is 37.3 Å². The number of piperidine rings is 1. The highest BCUT2D eigenvalue weighted by molar-refractivity contribution is 5.99. The lowest BCUT2D eigenvalue weighted by molar-refractivity contribution is -0.274. The molecule has 0 unspecified atom stereocenters. The van der Waals surface area contributed by atoms with Crippen molar-refractivity contribution in [3.8, 4) is 5.75 Å². The smallest absolute Gasteiger partial charge is 0.406 e. The molecule has 2 aliphatic rings. The lowest BCUT2D eigenvalue weighted by Crippen LogP contribution is -2.47. The molecule has 2 aromatic rings. The molecule has 10 heteroatoms. The van der Waals surface area contributed by atoms with Crippen molar-refractivity contribution < 1.29 is 27.5 Å². The fourth-order valence-corrected chi connectivity index (χ4v) is 3.92. The Hall–Kier alpha value is -3.11. The zero-order valence-electron chi connectivity index (χ0n) is 18.1. The van der Waals surface area contributed by atoms with E-state index < -0.39 is 12.1 Å². The van der Waals surface area contributed by atoms with Crippen LogP contribution in [0.25, 0.3) is 0 Å². The molecule has 7 nitrogen and oxygen atoms in total. The van der Waals surface area contributed by atoms with Crippen molar-refractivity contribution in [1.29, 1.82) is 0 Å². The van der Waals surface area contributed by atoms with Crippen molar-refractivity contribution in [2.24, 2.45) is 4.99 Å². The van der Waals surface area contributed by atoms with Gasteiger partial charge in [0, 0.05) is 31.5 Å². The van der Waals surface area contributed by atoms with E-state index in [0.717, 1.165) is 5.56 Å². The molecule has 1 fully saturated rings. The highest BCUT2D eigenvalue weighted by Gasteiger charge is 2.40. The molecule has 1 amide bonds. The van der Waals surface area contributed by atoms with Crippen molar-refractivity contribution in [1.82, 2.24) is 15.7 Å². The quantitative estimate of drug-likeness (QED) is 0.687. The molecule has 2 N–H and O–H groups in total. The Labute approximate surface area is 189 Å². The minimum absolute atomic E-state index is 0.0434. The van der Waals surface area contributed by atoms with Gasteiger partial charge in [0.15, 0.2) is 11.6 Å². The number of nitrogens with zero attached hydrogens (tertiary/aromatic N) is 2. The molecule has 0 radical (unpaired) electrons. The van der Waals surface area contributed by atoms with Crippen LogP contribution < -0.4 is 15.5 Å². The van der Waals surface area contributed by atoms with Crippen LogP contribution in [0.3, 0.4) is 0 Å². The molecule has 0 aromatic heterocycles. The Kier molecular flexibility index (Phi) is 6.57. The minimum atomic E-state index is -4.73. The van der Waals surface area contributed by atoms with E-state index in [4.69, 9.17) is 4.84 Å². The summed E-state index contributed by atoms with van der Waals surface area (Å²) in [4.78, 5) is 24.9. The maximum Gasteiger partial charge on any atom is 0.573 e. The standard InChI is InChI=1S/C23H25F3N4O3/c1-16(17-5-3-2-4-6-17)27-20(31)15-30-13-11-22(12-14-30)28-21(29-33-22)18-7-9-19(10-8-18)32-23(24,25)26/h2-10,16H,11-15H2,1H3,(H,27,31)(H,28,29)/t16-/m1/s1. The summed E-state index contributed by atoms with van der Waals surface area (Å²) >= 11 is 0. The molecule has 2 aromatic carbocycles. The number of halogens is 3. The van der Waals surface area contributed by atoms with E-state index in [1.165, 1.54) is 24.3 Å². The number of rotatable bonds is 6. The number of aliphatic imine (C=N–C) groups is 1. The van der Waals surface area contributed by atoms with E-state index in [-0.39, 0.29) is 24.2 Å². The first-order valence-electron chi connectivity index (χ1n) is 10.7.